The van der Waals surface area contributed by atoms with E-state index in [1.54, 1.807) is 23.8 Å². The molecular formula is C35H49N9O6S. The molecule has 3 aromatic rings. The molecule has 2 fully saturated rings. The van der Waals surface area contributed by atoms with Crippen LogP contribution in [-0.4, -0.2) is 91.9 Å². The van der Waals surface area contributed by atoms with Crippen LogP contribution in [0.15, 0.2) is 30.6 Å². The lowest BCUT2D eigenvalue weighted by Gasteiger charge is -2.31. The Morgan fingerprint density at radius 3 is 2.51 bits per heavy atom. The van der Waals surface area contributed by atoms with Crippen LogP contribution in [0.2, 0.25) is 0 Å². The highest BCUT2D eigenvalue weighted by Crippen LogP contribution is 2.36. The largest absolute Gasteiger partial charge is 0.496 e. The van der Waals surface area contributed by atoms with Crippen molar-refractivity contribution < 1.29 is 29.0 Å². The molecular weight excluding hydrogens is 675 g/mol. The fourth-order valence-electron chi connectivity index (χ4n) is 6.60. The summed E-state index contributed by atoms with van der Waals surface area (Å²) in [4.78, 5) is 47.8. The lowest BCUT2D eigenvalue weighted by atomic mass is 9.81. The van der Waals surface area contributed by atoms with Crippen LogP contribution in [0.3, 0.4) is 0 Å². The number of ether oxygens (including phenoxy) is 2. The van der Waals surface area contributed by atoms with Crippen molar-refractivity contribution in [3.63, 3.8) is 0 Å². The molecule has 7 N–H and O–H groups in total. The molecule has 0 bridgehead atoms. The van der Waals surface area contributed by atoms with E-state index in [1.165, 1.54) is 11.8 Å². The maximum absolute atomic E-state index is 13.2. The number of benzene rings is 1. The predicted octanol–water partition coefficient (Wildman–Crippen LogP) is 3.37. The monoisotopic (exact) mass is 723 g/mol. The van der Waals surface area contributed by atoms with Gasteiger partial charge >= 0.3 is 5.97 Å². The van der Waals surface area contributed by atoms with E-state index in [0.717, 1.165) is 61.9 Å². The van der Waals surface area contributed by atoms with Crippen molar-refractivity contribution in [1.29, 1.82) is 0 Å². The van der Waals surface area contributed by atoms with Crippen molar-refractivity contribution in [2.24, 2.45) is 17.6 Å². The first-order valence-corrected chi connectivity index (χ1v) is 18.4. The van der Waals surface area contributed by atoms with Crippen molar-refractivity contribution in [2.75, 3.05) is 44.1 Å². The molecule has 1 aliphatic heterocycles. The van der Waals surface area contributed by atoms with Gasteiger partial charge < -0.3 is 41.6 Å². The fraction of sp³-hybridized carbons (Fsp3) is 0.543. The number of nitrogens with one attached hydrogen (secondary N) is 2. The third-order valence-electron chi connectivity index (χ3n) is 9.50. The minimum atomic E-state index is -1.08. The van der Waals surface area contributed by atoms with Gasteiger partial charge in [-0.3, -0.25) is 19.1 Å². The first-order chi connectivity index (χ1) is 24.5. The van der Waals surface area contributed by atoms with Crippen molar-refractivity contribution >= 4 is 52.3 Å². The van der Waals surface area contributed by atoms with Gasteiger partial charge in [0, 0.05) is 43.4 Å². The summed E-state index contributed by atoms with van der Waals surface area (Å²) in [6.07, 6.45) is 7.45. The molecule has 5 rings (SSSR count). The number of carboxylic acids is 1. The second-order valence-electron chi connectivity index (χ2n) is 13.2. The number of likely N-dealkylation sites (tertiary alicyclic amines) is 1. The second kappa shape index (κ2) is 17.1. The number of aliphatic carboxylic acids is 1. The van der Waals surface area contributed by atoms with Crippen LogP contribution < -0.4 is 31.6 Å². The smallest absolute Gasteiger partial charge is 0.321 e. The number of nitrogens with two attached hydrogens (primary N) is 2. The number of unbranched alkanes of at least 4 members (excludes halogenated alkanes) is 1. The Bertz CT molecular complexity index is 1720. The summed E-state index contributed by atoms with van der Waals surface area (Å²) in [5.41, 5.74) is 15.2. The van der Waals surface area contributed by atoms with Gasteiger partial charge in [0.1, 0.15) is 23.1 Å². The number of allylic oxidation sites excluding steroid dienone is 1. The number of amides is 2. The summed E-state index contributed by atoms with van der Waals surface area (Å²) in [5.74, 6) is 1.18. The Morgan fingerprint density at radius 2 is 1.86 bits per heavy atom. The number of rotatable bonds is 17. The van der Waals surface area contributed by atoms with Crippen LogP contribution >= 0.6 is 11.8 Å². The number of fused-ring (bicyclic) bond motifs is 1. The average molecular weight is 724 g/mol. The van der Waals surface area contributed by atoms with E-state index in [-0.39, 0.29) is 40.6 Å². The molecule has 2 amide bonds. The normalized spacial score (nSPS) is 19.7. The molecule has 1 aliphatic carbocycles. The van der Waals surface area contributed by atoms with Gasteiger partial charge in [0.15, 0.2) is 11.3 Å². The zero-order valence-corrected chi connectivity index (χ0v) is 30.3. The summed E-state index contributed by atoms with van der Waals surface area (Å²) in [5, 5.41) is 19.8. The third kappa shape index (κ3) is 9.22. The van der Waals surface area contributed by atoms with E-state index in [0.29, 0.717) is 54.4 Å². The van der Waals surface area contributed by atoms with Gasteiger partial charge in [0.2, 0.25) is 17.8 Å². The molecule has 1 unspecified atom stereocenters. The number of hydrogen-bond acceptors (Lipinski definition) is 12. The number of carboxylic acid groups (broad SMARTS) is 1. The highest BCUT2D eigenvalue weighted by molar-refractivity contribution is 8.00. The molecule has 0 spiro atoms. The van der Waals surface area contributed by atoms with Crippen molar-refractivity contribution in [2.45, 2.75) is 76.3 Å². The van der Waals surface area contributed by atoms with Crippen LogP contribution in [0.4, 0.5) is 11.8 Å². The van der Waals surface area contributed by atoms with E-state index in [1.807, 2.05) is 18.3 Å². The number of carbonyl (C=O) groups excluding carboxylic acids is 2. The SMILES string of the molecule is C=C1CC(SC[C@H](N)C(=O)O)C(=O)N1CC1CCC(C(=O)NCc2cc(OC)c(Cn3cc4nc(N)nc(NCCCC)c4n3)c(OC)c2)CC1. The van der Waals surface area contributed by atoms with Gasteiger partial charge in [-0.15, -0.1) is 11.8 Å². The number of methoxy groups -OCH3 is 2. The zero-order valence-electron chi connectivity index (χ0n) is 29.5. The third-order valence-corrected chi connectivity index (χ3v) is 10.8. The van der Waals surface area contributed by atoms with Crippen molar-refractivity contribution in [1.82, 2.24) is 30.0 Å². The minimum absolute atomic E-state index is 0.00434. The Labute approximate surface area is 301 Å². The van der Waals surface area contributed by atoms with E-state index in [2.05, 4.69) is 34.1 Å². The minimum Gasteiger partial charge on any atom is -0.496 e. The molecule has 16 heteroatoms. The number of aromatic nitrogens is 4. The number of nitrogens with zero attached hydrogens (tertiary/aromatic N) is 5. The molecule has 2 atom stereocenters. The molecule has 2 aromatic heterocycles. The summed E-state index contributed by atoms with van der Waals surface area (Å²) < 4.78 is 13.3. The summed E-state index contributed by atoms with van der Waals surface area (Å²) in [7, 11) is 3.19. The predicted molar refractivity (Wildman–Crippen MR) is 196 cm³/mol. The van der Waals surface area contributed by atoms with E-state index in [4.69, 9.17) is 31.1 Å². The molecule has 0 radical (unpaired) electrons. The van der Waals surface area contributed by atoms with Crippen LogP contribution in [0.1, 0.15) is 63.0 Å². The van der Waals surface area contributed by atoms with Gasteiger partial charge in [-0.25, -0.2) is 4.98 Å². The number of thioether (sulfide) groups is 1. The summed E-state index contributed by atoms with van der Waals surface area (Å²) in [6, 6.07) is 2.79. The zero-order chi connectivity index (χ0) is 36.7. The molecule has 1 saturated carbocycles. The Balaban J connectivity index is 1.15. The standard InChI is InChI=1S/C35H49N9O6S/c1-5-6-11-38-31-30-26(40-35(37)41-31)18-43(42-30)17-24-27(49-3)13-22(14-28(24)50-4)15-39-32(45)23-9-7-21(8-10-23)16-44-20(2)12-29(33(44)46)51-19-25(36)34(47)48/h13-14,18,21,23,25,29H,2,5-12,15-17,19,36H2,1,3-4H3,(H,39,45)(H,47,48)(H3,37,38,40,41)/t21?,23?,25-,29?/m0/s1. The van der Waals surface area contributed by atoms with Gasteiger partial charge in [0.05, 0.1) is 37.8 Å². The van der Waals surface area contributed by atoms with Gasteiger partial charge in [-0.05, 0) is 55.7 Å². The molecule has 3 heterocycles. The first-order valence-electron chi connectivity index (χ1n) is 17.4. The Kier molecular flexibility index (Phi) is 12.6. The van der Waals surface area contributed by atoms with Crippen molar-refractivity contribution in [3.8, 4) is 11.5 Å². The van der Waals surface area contributed by atoms with Crippen LogP contribution in [0, 0.1) is 11.8 Å². The average Bonchev–Trinajstić information content (AvgIpc) is 3.64. The summed E-state index contributed by atoms with van der Waals surface area (Å²) >= 11 is 1.27. The topological polar surface area (TPSA) is 213 Å². The maximum atomic E-state index is 13.2. The molecule has 2 aliphatic rings. The van der Waals surface area contributed by atoms with Crippen LogP contribution in [0.5, 0.6) is 11.5 Å². The summed E-state index contributed by atoms with van der Waals surface area (Å²) in [6.45, 7) is 8.18. The number of anilines is 2. The van der Waals surface area contributed by atoms with E-state index >= 15 is 0 Å². The molecule has 1 aromatic carbocycles. The molecule has 276 valence electrons. The Morgan fingerprint density at radius 1 is 1.16 bits per heavy atom. The first kappa shape index (κ1) is 37.7. The van der Waals surface area contributed by atoms with Crippen LogP contribution in [-0.2, 0) is 27.5 Å². The maximum Gasteiger partial charge on any atom is 0.321 e. The number of carbonyl (C=O) groups is 3. The fourth-order valence-corrected chi connectivity index (χ4v) is 7.77. The number of hydrogen-bond donors (Lipinski definition) is 5. The van der Waals surface area contributed by atoms with Gasteiger partial charge in [-0.1, -0.05) is 19.9 Å². The highest BCUT2D eigenvalue weighted by atomic mass is 32.2. The van der Waals surface area contributed by atoms with Crippen molar-refractivity contribution in [3.05, 3.63) is 41.7 Å². The van der Waals surface area contributed by atoms with Gasteiger partial charge in [0.25, 0.3) is 0 Å². The lowest BCUT2D eigenvalue weighted by Crippen LogP contribution is -2.37. The van der Waals surface area contributed by atoms with Crippen LogP contribution in [0.25, 0.3) is 11.0 Å². The quantitative estimate of drug-likeness (QED) is 0.127. The highest BCUT2D eigenvalue weighted by Gasteiger charge is 2.37. The Hall–Kier alpha value is -4.57. The lowest BCUT2D eigenvalue weighted by molar-refractivity contribution is -0.138. The number of nitrogen functional groups attached to an aromatic ring is 1. The van der Waals surface area contributed by atoms with E-state index < -0.39 is 12.0 Å². The molecule has 51 heavy (non-hydrogen) atoms. The molecule has 15 nitrogen and oxygen atoms in total. The van der Waals surface area contributed by atoms with Gasteiger partial charge in [-0.2, -0.15) is 10.1 Å². The van der Waals surface area contributed by atoms with E-state index in [9.17, 15) is 14.4 Å². The molecule has 1 saturated heterocycles. The second-order valence-corrected chi connectivity index (χ2v) is 14.4.